The molecule has 0 atom stereocenters. The first-order valence-corrected chi connectivity index (χ1v) is 10.1. The van der Waals surface area contributed by atoms with Gasteiger partial charge < -0.3 is 20.3 Å². The maximum Gasteiger partial charge on any atom is 0.135 e. The minimum Gasteiger partial charge on any atom is -0.378 e. The number of nitrogens with zero attached hydrogens (tertiary/aromatic N) is 3. The number of rotatable bonds is 6. The zero-order chi connectivity index (χ0) is 20.1. The molecule has 0 radical (unpaired) electrons. The molecule has 3 aromatic rings. The summed E-state index contributed by atoms with van der Waals surface area (Å²) in [4.78, 5) is 11.2. The van der Waals surface area contributed by atoms with Gasteiger partial charge in [-0.2, -0.15) is 0 Å². The fraction of sp³-hybridized carbons (Fsp3) is 0.304. The predicted molar refractivity (Wildman–Crippen MR) is 119 cm³/mol. The van der Waals surface area contributed by atoms with Gasteiger partial charge in [-0.15, -0.1) is 0 Å². The summed E-state index contributed by atoms with van der Waals surface area (Å²) >= 11 is 0. The van der Waals surface area contributed by atoms with E-state index in [-0.39, 0.29) is 0 Å². The van der Waals surface area contributed by atoms with Gasteiger partial charge in [0.25, 0.3) is 0 Å². The van der Waals surface area contributed by atoms with Crippen molar-refractivity contribution in [2.24, 2.45) is 0 Å². The van der Waals surface area contributed by atoms with Crippen molar-refractivity contribution < 1.29 is 4.74 Å². The highest BCUT2D eigenvalue weighted by Crippen LogP contribution is 2.30. The Kier molecular flexibility index (Phi) is 5.91. The van der Waals surface area contributed by atoms with Gasteiger partial charge in [-0.1, -0.05) is 37.3 Å². The third kappa shape index (κ3) is 4.49. The summed E-state index contributed by atoms with van der Waals surface area (Å²) < 4.78 is 5.49. The number of aromatic nitrogens is 2. The lowest BCUT2D eigenvalue weighted by Crippen LogP contribution is -2.36. The molecule has 1 fully saturated rings. The number of para-hydroxylation sites is 3. The lowest BCUT2D eigenvalue weighted by atomic mass is 10.1. The van der Waals surface area contributed by atoms with Gasteiger partial charge in [-0.25, -0.2) is 9.97 Å². The summed E-state index contributed by atoms with van der Waals surface area (Å²) in [7, 11) is 0. The molecule has 1 aliphatic rings. The average Bonchev–Trinajstić information content (AvgIpc) is 2.76. The van der Waals surface area contributed by atoms with Crippen molar-refractivity contribution in [1.82, 2.24) is 9.97 Å². The number of hydrogen-bond acceptors (Lipinski definition) is 6. The largest absolute Gasteiger partial charge is 0.378 e. The van der Waals surface area contributed by atoms with Crippen LogP contribution in [0.4, 0.5) is 28.7 Å². The summed E-state index contributed by atoms with van der Waals surface area (Å²) in [6, 6.07) is 16.6. The number of nitrogens with one attached hydrogen (secondary N) is 2. The standard InChI is InChI=1S/C23H27N5O/c1-3-18-8-6-7-17(2)23(18)27-22-15-21(24-16-25-22)26-19-9-4-5-10-20(19)28-11-13-29-14-12-28/h4-10,15-16H,3,11-14H2,1-2H3,(H2,24,25,26,27). The number of benzene rings is 2. The second-order valence-electron chi connectivity index (χ2n) is 7.12. The van der Waals surface area contributed by atoms with Crippen molar-refractivity contribution in [3.8, 4) is 0 Å². The van der Waals surface area contributed by atoms with Crippen LogP contribution in [0.25, 0.3) is 0 Å². The van der Waals surface area contributed by atoms with E-state index in [9.17, 15) is 0 Å². The Labute approximate surface area is 172 Å². The van der Waals surface area contributed by atoms with E-state index in [2.05, 4.69) is 75.7 Å². The van der Waals surface area contributed by atoms with Gasteiger partial charge in [-0.3, -0.25) is 0 Å². The zero-order valence-electron chi connectivity index (χ0n) is 17.0. The quantitative estimate of drug-likeness (QED) is 0.639. The van der Waals surface area contributed by atoms with Crippen molar-refractivity contribution in [3.05, 3.63) is 66.0 Å². The highest BCUT2D eigenvalue weighted by Gasteiger charge is 2.15. The molecule has 2 aromatic carbocycles. The van der Waals surface area contributed by atoms with Crippen molar-refractivity contribution in [1.29, 1.82) is 0 Å². The van der Waals surface area contributed by atoms with Crippen LogP contribution in [0.15, 0.2) is 54.9 Å². The fourth-order valence-electron chi connectivity index (χ4n) is 3.62. The van der Waals surface area contributed by atoms with Crippen molar-refractivity contribution in [3.63, 3.8) is 0 Å². The summed E-state index contributed by atoms with van der Waals surface area (Å²) in [6.07, 6.45) is 2.55. The molecule has 6 nitrogen and oxygen atoms in total. The zero-order valence-corrected chi connectivity index (χ0v) is 17.0. The Balaban J connectivity index is 1.56. The van der Waals surface area contributed by atoms with Crippen molar-refractivity contribution in [2.45, 2.75) is 20.3 Å². The van der Waals surface area contributed by atoms with Crippen LogP contribution in [0, 0.1) is 6.92 Å². The van der Waals surface area contributed by atoms with Crippen LogP contribution in [-0.4, -0.2) is 36.3 Å². The molecule has 1 saturated heterocycles. The molecular formula is C23H27N5O. The second-order valence-corrected chi connectivity index (χ2v) is 7.12. The Bertz CT molecular complexity index is 969. The first-order valence-electron chi connectivity index (χ1n) is 10.1. The van der Waals surface area contributed by atoms with Crippen molar-refractivity contribution in [2.75, 3.05) is 41.8 Å². The summed E-state index contributed by atoms with van der Waals surface area (Å²) in [5.41, 5.74) is 5.79. The molecule has 0 amide bonds. The molecule has 6 heteroatoms. The van der Waals surface area contributed by atoms with Gasteiger partial charge in [-0.05, 0) is 36.6 Å². The molecule has 2 N–H and O–H groups in total. The highest BCUT2D eigenvalue weighted by atomic mass is 16.5. The van der Waals surface area contributed by atoms with Crippen LogP contribution >= 0.6 is 0 Å². The van der Waals surface area contributed by atoms with Crippen LogP contribution in [-0.2, 0) is 11.2 Å². The van der Waals surface area contributed by atoms with E-state index in [1.165, 1.54) is 11.1 Å². The summed E-state index contributed by atoms with van der Waals surface area (Å²) in [5.74, 6) is 1.53. The monoisotopic (exact) mass is 389 g/mol. The van der Waals surface area contributed by atoms with Gasteiger partial charge in [0.05, 0.1) is 24.6 Å². The number of anilines is 5. The molecule has 0 unspecified atom stereocenters. The van der Waals surface area contributed by atoms with Gasteiger partial charge >= 0.3 is 0 Å². The highest BCUT2D eigenvalue weighted by molar-refractivity contribution is 5.75. The van der Waals surface area contributed by atoms with Gasteiger partial charge in [0.2, 0.25) is 0 Å². The maximum atomic E-state index is 5.49. The molecule has 2 heterocycles. The molecule has 0 spiro atoms. The minimum atomic E-state index is 0.756. The Morgan fingerprint density at radius 3 is 2.52 bits per heavy atom. The van der Waals surface area contributed by atoms with E-state index >= 15 is 0 Å². The van der Waals surface area contributed by atoms with Gasteiger partial charge in [0.15, 0.2) is 0 Å². The van der Waals surface area contributed by atoms with Crippen LogP contribution in [0.5, 0.6) is 0 Å². The SMILES string of the molecule is CCc1cccc(C)c1Nc1cc(Nc2ccccc2N2CCOCC2)ncn1. The Morgan fingerprint density at radius 2 is 1.72 bits per heavy atom. The molecule has 1 aromatic heterocycles. The molecule has 1 aliphatic heterocycles. The van der Waals surface area contributed by atoms with Crippen molar-refractivity contribution >= 4 is 28.7 Å². The Morgan fingerprint density at radius 1 is 0.966 bits per heavy atom. The maximum absolute atomic E-state index is 5.49. The number of ether oxygens (including phenoxy) is 1. The van der Waals surface area contributed by atoms with Crippen LogP contribution in [0.2, 0.25) is 0 Å². The topological polar surface area (TPSA) is 62.3 Å². The first kappa shape index (κ1) is 19.2. The predicted octanol–water partition coefficient (Wildman–Crippen LogP) is 4.67. The fourth-order valence-corrected chi connectivity index (χ4v) is 3.62. The van der Waals surface area contributed by atoms with E-state index in [0.29, 0.717) is 0 Å². The van der Waals surface area contributed by atoms with E-state index in [4.69, 9.17) is 4.74 Å². The summed E-state index contributed by atoms with van der Waals surface area (Å²) in [5, 5.41) is 6.94. The van der Waals surface area contributed by atoms with Gasteiger partial charge in [0, 0.05) is 24.8 Å². The Hall–Kier alpha value is -3.12. The molecule has 0 saturated carbocycles. The molecule has 0 aliphatic carbocycles. The van der Waals surface area contributed by atoms with E-state index in [1.807, 2.05) is 12.1 Å². The average molecular weight is 390 g/mol. The number of aryl methyl sites for hydroxylation is 2. The smallest absolute Gasteiger partial charge is 0.135 e. The normalized spacial score (nSPS) is 13.9. The molecule has 150 valence electrons. The third-order valence-electron chi connectivity index (χ3n) is 5.18. The number of hydrogen-bond donors (Lipinski definition) is 2. The van der Waals surface area contributed by atoms with Crippen LogP contribution in [0.1, 0.15) is 18.1 Å². The van der Waals surface area contributed by atoms with Crippen LogP contribution < -0.4 is 15.5 Å². The van der Waals surface area contributed by atoms with E-state index in [0.717, 1.165) is 61.4 Å². The van der Waals surface area contributed by atoms with Gasteiger partial charge in [0.1, 0.15) is 18.0 Å². The summed E-state index contributed by atoms with van der Waals surface area (Å²) in [6.45, 7) is 7.57. The molecule has 29 heavy (non-hydrogen) atoms. The lowest BCUT2D eigenvalue weighted by Gasteiger charge is -2.30. The third-order valence-corrected chi connectivity index (χ3v) is 5.18. The first-order chi connectivity index (χ1) is 14.2. The van der Waals surface area contributed by atoms with E-state index < -0.39 is 0 Å². The van der Waals surface area contributed by atoms with Crippen LogP contribution in [0.3, 0.4) is 0 Å². The van der Waals surface area contributed by atoms with E-state index in [1.54, 1.807) is 6.33 Å². The number of morpholine rings is 1. The molecule has 4 rings (SSSR count). The molecular weight excluding hydrogens is 362 g/mol. The molecule has 0 bridgehead atoms. The minimum absolute atomic E-state index is 0.756. The second kappa shape index (κ2) is 8.92. The lowest BCUT2D eigenvalue weighted by molar-refractivity contribution is 0.123.